The monoisotopic (exact) mass is 184 g/mol. The third-order valence-electron chi connectivity index (χ3n) is 0. The average Bonchev–Trinajstić information content (AvgIpc) is 1.00. The Balaban J connectivity index is -0.00000000500. The first kappa shape index (κ1) is 18.2. The zero-order chi connectivity index (χ0) is 2.00. The van der Waals surface area contributed by atoms with Crippen molar-refractivity contribution < 1.29 is 54.3 Å². The Bertz CT molecular complexity index is 8.00. The Morgan fingerprint density at radius 2 is 1.25 bits per heavy atom. The van der Waals surface area contributed by atoms with Gasteiger partial charge in [-0.05, 0) is 0 Å². The fourth-order valence-corrected chi connectivity index (χ4v) is 0. The van der Waals surface area contributed by atoms with E-state index in [0.717, 1.165) is 17.4 Å². The standard InChI is InChI=1S/Co.Ni.O.V. The number of hydrogen-bond donors (Lipinski definition) is 0. The van der Waals surface area contributed by atoms with E-state index in [-0.39, 0.29) is 33.3 Å². The molecule has 0 fully saturated rings. The van der Waals surface area contributed by atoms with E-state index in [1.807, 2.05) is 0 Å². The van der Waals surface area contributed by atoms with E-state index in [1.54, 1.807) is 0 Å². The van der Waals surface area contributed by atoms with E-state index < -0.39 is 0 Å². The second kappa shape index (κ2) is 26.2. The molecule has 0 rings (SSSR count). The Labute approximate surface area is 54.2 Å². The van der Waals surface area contributed by atoms with Crippen molar-refractivity contribution in [3.05, 3.63) is 0 Å². The topological polar surface area (TPSA) is 17.1 Å². The van der Waals surface area contributed by atoms with Crippen LogP contribution in [0.25, 0.3) is 0 Å². The van der Waals surface area contributed by atoms with Crippen LogP contribution in [0.5, 0.6) is 0 Å². The molecule has 4 heavy (non-hydrogen) atoms. The summed E-state index contributed by atoms with van der Waals surface area (Å²) in [6.07, 6.45) is 0. The normalized spacial score (nSPS) is 0.750. The van der Waals surface area contributed by atoms with Gasteiger partial charge in [-0.3, -0.25) is 0 Å². The second-order valence-electron chi connectivity index (χ2n) is 0. The SMILES string of the molecule is [Co].[Ni].[O]=[V]. The minimum absolute atomic E-state index is 0. The van der Waals surface area contributed by atoms with Crippen LogP contribution in [0.15, 0.2) is 0 Å². The molecule has 0 aromatic carbocycles. The van der Waals surface area contributed by atoms with Crippen molar-refractivity contribution in [3.8, 4) is 0 Å². The van der Waals surface area contributed by atoms with Gasteiger partial charge in [0, 0.05) is 33.3 Å². The van der Waals surface area contributed by atoms with Crippen molar-refractivity contribution in [2.24, 2.45) is 0 Å². The van der Waals surface area contributed by atoms with E-state index in [4.69, 9.17) is 3.67 Å². The first-order chi connectivity index (χ1) is 1.00. The molecule has 0 saturated heterocycles. The van der Waals surface area contributed by atoms with Gasteiger partial charge in [0.05, 0.1) is 0 Å². The van der Waals surface area contributed by atoms with Crippen LogP contribution < -0.4 is 0 Å². The molecule has 1 radical (unpaired) electrons. The second-order valence-corrected chi connectivity index (χ2v) is 0. The molecule has 0 aromatic rings. The molecule has 0 aliphatic rings. The zero-order valence-corrected chi connectivity index (χ0v) is 4.93. The van der Waals surface area contributed by atoms with Crippen molar-refractivity contribution in [1.29, 1.82) is 0 Å². The van der Waals surface area contributed by atoms with Crippen LogP contribution in [-0.2, 0) is 54.3 Å². The van der Waals surface area contributed by atoms with E-state index in [2.05, 4.69) is 0 Å². The molecule has 0 heterocycles. The average molecular weight is 185 g/mol. The summed E-state index contributed by atoms with van der Waals surface area (Å²) < 4.78 is 8.19. The molecule has 0 aliphatic heterocycles. The number of hydrogen-bond acceptors (Lipinski definition) is 1. The third-order valence-corrected chi connectivity index (χ3v) is 0. The van der Waals surface area contributed by atoms with Gasteiger partial charge in [0.15, 0.2) is 0 Å². The van der Waals surface area contributed by atoms with Gasteiger partial charge in [-0.1, -0.05) is 0 Å². The summed E-state index contributed by atoms with van der Waals surface area (Å²) in [4.78, 5) is 0. The van der Waals surface area contributed by atoms with E-state index in [0.29, 0.717) is 0 Å². The Kier molecular flexibility index (Phi) is 119. The molecule has 0 aromatic heterocycles. The maximum absolute atomic E-state index is 8.19. The van der Waals surface area contributed by atoms with Gasteiger partial charge in [-0.2, -0.15) is 0 Å². The molecule has 1 nitrogen and oxygen atoms in total. The molecule has 0 atom stereocenters. The van der Waals surface area contributed by atoms with Gasteiger partial charge < -0.3 is 0 Å². The fraction of sp³-hybridized carbons (Fsp3) is 0. The summed E-state index contributed by atoms with van der Waals surface area (Å²) in [5, 5.41) is 0. The van der Waals surface area contributed by atoms with E-state index >= 15 is 0 Å². The zero-order valence-electron chi connectivity index (χ0n) is 1.51. The molecule has 4 heteroatoms. The van der Waals surface area contributed by atoms with Crippen LogP contribution >= 0.6 is 0 Å². The molecule has 0 spiro atoms. The molecular weight excluding hydrogens is 185 g/mol. The van der Waals surface area contributed by atoms with Crippen molar-refractivity contribution in [1.82, 2.24) is 0 Å². The van der Waals surface area contributed by atoms with Crippen molar-refractivity contribution in [2.75, 3.05) is 0 Å². The van der Waals surface area contributed by atoms with E-state index in [1.165, 1.54) is 0 Å². The van der Waals surface area contributed by atoms with Crippen LogP contribution in [-0.4, -0.2) is 0 Å². The Morgan fingerprint density at radius 3 is 1.25 bits per heavy atom. The van der Waals surface area contributed by atoms with Gasteiger partial charge in [-0.15, -0.1) is 0 Å². The van der Waals surface area contributed by atoms with Gasteiger partial charge in [0.2, 0.25) is 0 Å². The van der Waals surface area contributed by atoms with Crippen LogP contribution in [0.1, 0.15) is 0 Å². The number of rotatable bonds is 0. The van der Waals surface area contributed by atoms with Crippen LogP contribution in [0.2, 0.25) is 0 Å². The molecule has 0 saturated carbocycles. The predicted octanol–water partition coefficient (Wildman–Crippen LogP) is -0.126. The fourth-order valence-electron chi connectivity index (χ4n) is 0. The summed E-state index contributed by atoms with van der Waals surface area (Å²) in [6.45, 7) is 0. The van der Waals surface area contributed by atoms with Crippen molar-refractivity contribution in [3.63, 3.8) is 0 Å². The maximum atomic E-state index is 8.19. The summed E-state index contributed by atoms with van der Waals surface area (Å²) in [7, 11) is 0. The molecule has 0 bridgehead atoms. The molecule has 0 aliphatic carbocycles. The molecular formula is CoNiOV. The molecule has 0 unspecified atom stereocenters. The van der Waals surface area contributed by atoms with Crippen LogP contribution in [0, 0.1) is 0 Å². The molecule has 0 N–H and O–H groups in total. The van der Waals surface area contributed by atoms with Gasteiger partial charge >= 0.3 is 21.0 Å². The Morgan fingerprint density at radius 1 is 1.25 bits per heavy atom. The van der Waals surface area contributed by atoms with Gasteiger partial charge in [0.25, 0.3) is 0 Å². The summed E-state index contributed by atoms with van der Waals surface area (Å²) in [5.74, 6) is 0. The summed E-state index contributed by atoms with van der Waals surface area (Å²) in [5.41, 5.74) is 0. The third kappa shape index (κ3) is 10.0. The predicted molar refractivity (Wildman–Crippen MR) is 0.686 cm³/mol. The quantitative estimate of drug-likeness (QED) is 0.480. The van der Waals surface area contributed by atoms with Gasteiger partial charge in [0.1, 0.15) is 0 Å². The molecule has 30 valence electrons. The first-order valence-corrected chi connectivity index (χ1v) is 0.753. The minimum atomic E-state index is 0. The van der Waals surface area contributed by atoms with Crippen molar-refractivity contribution >= 4 is 0 Å². The van der Waals surface area contributed by atoms with Crippen molar-refractivity contribution in [2.45, 2.75) is 0 Å². The molecule has 0 amide bonds. The van der Waals surface area contributed by atoms with E-state index in [9.17, 15) is 0 Å². The van der Waals surface area contributed by atoms with Crippen LogP contribution in [0.3, 0.4) is 0 Å². The Hall–Kier alpha value is 1.38. The summed E-state index contributed by atoms with van der Waals surface area (Å²) in [6, 6.07) is 0. The first-order valence-electron chi connectivity index (χ1n) is 0.183. The summed E-state index contributed by atoms with van der Waals surface area (Å²) >= 11 is 1.06. The van der Waals surface area contributed by atoms with Crippen LogP contribution in [0.4, 0.5) is 0 Å². The van der Waals surface area contributed by atoms with Gasteiger partial charge in [-0.25, -0.2) is 0 Å².